The molecule has 0 bridgehead atoms. The van der Waals surface area contributed by atoms with E-state index in [1.165, 1.54) is 0 Å². The van der Waals surface area contributed by atoms with Gasteiger partial charge in [0.05, 0.1) is 17.3 Å². The average Bonchev–Trinajstić information content (AvgIpc) is 2.29. The molecule has 3 nitrogen and oxygen atoms in total. The maximum Gasteiger partial charge on any atom is 0.129 e. The third kappa shape index (κ3) is 3.08. The summed E-state index contributed by atoms with van der Waals surface area (Å²) in [6, 6.07) is 3.54. The average molecular weight is 239 g/mol. The first kappa shape index (κ1) is 12.7. The summed E-state index contributed by atoms with van der Waals surface area (Å²) < 4.78 is 0. The number of hydrogen-bond acceptors (Lipinski definition) is 3. The van der Waals surface area contributed by atoms with Crippen LogP contribution in [-0.2, 0) is 6.61 Å². The van der Waals surface area contributed by atoms with E-state index in [0.29, 0.717) is 23.8 Å². The molecule has 0 aliphatic carbocycles. The van der Waals surface area contributed by atoms with Crippen molar-refractivity contribution < 1.29 is 5.11 Å². The number of halogens is 1. The third-order valence-electron chi connectivity index (χ3n) is 2.08. The second-order valence-corrected chi connectivity index (χ2v) is 3.65. The number of nitrogens with zero attached hydrogens (tertiary/aromatic N) is 2. The lowest BCUT2D eigenvalue weighted by Gasteiger charge is -2.21. The minimum atomic E-state index is -0.164. The van der Waals surface area contributed by atoms with Gasteiger partial charge in [-0.15, -0.1) is 13.2 Å². The van der Waals surface area contributed by atoms with E-state index in [-0.39, 0.29) is 6.61 Å². The van der Waals surface area contributed by atoms with Crippen molar-refractivity contribution in [1.82, 2.24) is 4.98 Å². The minimum absolute atomic E-state index is 0.164. The van der Waals surface area contributed by atoms with Crippen molar-refractivity contribution in [2.45, 2.75) is 6.61 Å². The summed E-state index contributed by atoms with van der Waals surface area (Å²) in [6.45, 7) is 8.56. The summed E-state index contributed by atoms with van der Waals surface area (Å²) in [5, 5.41) is 9.55. The van der Waals surface area contributed by atoms with Crippen molar-refractivity contribution in [1.29, 1.82) is 0 Å². The highest BCUT2D eigenvalue weighted by Crippen LogP contribution is 2.19. The van der Waals surface area contributed by atoms with Crippen LogP contribution in [0, 0.1) is 0 Å². The molecule has 0 unspecified atom stereocenters. The molecule has 1 N–H and O–H groups in total. The fourth-order valence-corrected chi connectivity index (χ4v) is 1.50. The van der Waals surface area contributed by atoms with Crippen molar-refractivity contribution in [3.63, 3.8) is 0 Å². The molecule has 0 fully saturated rings. The summed E-state index contributed by atoms with van der Waals surface area (Å²) >= 11 is 5.87. The first-order valence-corrected chi connectivity index (χ1v) is 5.33. The van der Waals surface area contributed by atoms with Gasteiger partial charge in [0.15, 0.2) is 0 Å². The molecule has 1 heterocycles. The van der Waals surface area contributed by atoms with Gasteiger partial charge in [-0.3, -0.25) is 0 Å². The number of aliphatic hydroxyl groups excluding tert-OH is 1. The van der Waals surface area contributed by atoms with Gasteiger partial charge in [0.2, 0.25) is 0 Å². The van der Waals surface area contributed by atoms with Crippen LogP contribution in [0.3, 0.4) is 0 Å². The monoisotopic (exact) mass is 238 g/mol. The molecular formula is C12H15ClN2O. The first-order valence-electron chi connectivity index (χ1n) is 4.96. The zero-order valence-electron chi connectivity index (χ0n) is 9.06. The smallest absolute Gasteiger partial charge is 0.129 e. The van der Waals surface area contributed by atoms with Gasteiger partial charge in [-0.1, -0.05) is 23.8 Å². The molecule has 86 valence electrons. The standard InChI is InChI=1S/C12H15ClN2O/c1-3-7-15(8-4-2)12-6-5-10(13)11(9-16)14-12/h3-6,16H,1-2,7-9H2. The number of rotatable bonds is 6. The predicted molar refractivity (Wildman–Crippen MR) is 67.8 cm³/mol. The van der Waals surface area contributed by atoms with E-state index in [1.54, 1.807) is 18.2 Å². The Morgan fingerprint density at radius 2 is 1.94 bits per heavy atom. The van der Waals surface area contributed by atoms with E-state index in [2.05, 4.69) is 18.1 Å². The summed E-state index contributed by atoms with van der Waals surface area (Å²) in [6.07, 6.45) is 3.58. The van der Waals surface area contributed by atoms with Crippen LogP contribution in [-0.4, -0.2) is 23.2 Å². The Balaban J connectivity index is 2.99. The molecule has 0 aliphatic rings. The van der Waals surface area contributed by atoms with Crippen molar-refractivity contribution >= 4 is 17.4 Å². The highest BCUT2D eigenvalue weighted by atomic mass is 35.5. The SMILES string of the molecule is C=CCN(CC=C)c1ccc(Cl)c(CO)n1. The highest BCUT2D eigenvalue weighted by Gasteiger charge is 2.07. The molecule has 1 aromatic rings. The topological polar surface area (TPSA) is 36.4 Å². The number of aromatic nitrogens is 1. The Morgan fingerprint density at radius 3 is 2.44 bits per heavy atom. The van der Waals surface area contributed by atoms with E-state index in [0.717, 1.165) is 5.82 Å². The van der Waals surface area contributed by atoms with Gasteiger partial charge in [-0.25, -0.2) is 4.98 Å². The molecule has 0 radical (unpaired) electrons. The maximum atomic E-state index is 9.08. The Bertz CT molecular complexity index is 369. The molecule has 1 aromatic heterocycles. The van der Waals surface area contributed by atoms with E-state index in [4.69, 9.17) is 16.7 Å². The van der Waals surface area contributed by atoms with Gasteiger partial charge >= 0.3 is 0 Å². The van der Waals surface area contributed by atoms with E-state index < -0.39 is 0 Å². The molecule has 0 aliphatic heterocycles. The molecule has 16 heavy (non-hydrogen) atoms. The first-order chi connectivity index (χ1) is 7.72. The molecule has 0 spiro atoms. The van der Waals surface area contributed by atoms with Crippen molar-refractivity contribution in [3.05, 3.63) is 48.2 Å². The molecule has 0 saturated carbocycles. The second kappa shape index (κ2) is 6.30. The molecule has 0 saturated heterocycles. The van der Waals surface area contributed by atoms with Crippen LogP contribution in [0.15, 0.2) is 37.4 Å². The third-order valence-corrected chi connectivity index (χ3v) is 2.42. The van der Waals surface area contributed by atoms with Gasteiger partial charge in [-0.2, -0.15) is 0 Å². The Morgan fingerprint density at radius 1 is 1.31 bits per heavy atom. The second-order valence-electron chi connectivity index (χ2n) is 3.24. The van der Waals surface area contributed by atoms with E-state index >= 15 is 0 Å². The van der Waals surface area contributed by atoms with Gasteiger partial charge in [0.25, 0.3) is 0 Å². The van der Waals surface area contributed by atoms with E-state index in [9.17, 15) is 0 Å². The van der Waals surface area contributed by atoms with Crippen LogP contribution >= 0.6 is 11.6 Å². The van der Waals surface area contributed by atoms with Gasteiger partial charge in [-0.05, 0) is 12.1 Å². The van der Waals surface area contributed by atoms with Crippen molar-refractivity contribution in [2.24, 2.45) is 0 Å². The Kier molecular flexibility index (Phi) is 5.02. The molecule has 0 amide bonds. The summed E-state index contributed by atoms with van der Waals surface area (Å²) in [5.41, 5.74) is 0.484. The maximum absolute atomic E-state index is 9.08. The molecular weight excluding hydrogens is 224 g/mol. The van der Waals surface area contributed by atoms with Crippen LogP contribution in [0.25, 0.3) is 0 Å². The normalized spacial score (nSPS) is 9.88. The number of aliphatic hydroxyl groups is 1. The Hall–Kier alpha value is -1.32. The molecule has 1 rings (SSSR count). The van der Waals surface area contributed by atoms with Crippen LogP contribution in [0.5, 0.6) is 0 Å². The fraction of sp³-hybridized carbons (Fsp3) is 0.250. The predicted octanol–water partition coefficient (Wildman–Crippen LogP) is 2.41. The largest absolute Gasteiger partial charge is 0.390 e. The molecule has 0 aromatic carbocycles. The zero-order chi connectivity index (χ0) is 12.0. The highest BCUT2D eigenvalue weighted by molar-refractivity contribution is 6.31. The fourth-order valence-electron chi connectivity index (χ4n) is 1.33. The van der Waals surface area contributed by atoms with Crippen LogP contribution in [0.2, 0.25) is 5.02 Å². The summed E-state index contributed by atoms with van der Waals surface area (Å²) in [7, 11) is 0. The minimum Gasteiger partial charge on any atom is -0.390 e. The van der Waals surface area contributed by atoms with Crippen molar-refractivity contribution in [3.8, 4) is 0 Å². The molecule has 4 heteroatoms. The number of pyridine rings is 1. The van der Waals surface area contributed by atoms with Gasteiger partial charge in [0, 0.05) is 13.1 Å². The van der Waals surface area contributed by atoms with Crippen molar-refractivity contribution in [2.75, 3.05) is 18.0 Å². The zero-order valence-corrected chi connectivity index (χ0v) is 9.82. The lowest BCUT2D eigenvalue weighted by molar-refractivity contribution is 0.277. The lowest BCUT2D eigenvalue weighted by atomic mass is 10.3. The van der Waals surface area contributed by atoms with Gasteiger partial charge < -0.3 is 10.0 Å². The Labute approximate surface area is 101 Å². The van der Waals surface area contributed by atoms with Gasteiger partial charge in [0.1, 0.15) is 5.82 Å². The van der Waals surface area contributed by atoms with Crippen LogP contribution in [0.4, 0.5) is 5.82 Å². The van der Waals surface area contributed by atoms with Crippen LogP contribution in [0.1, 0.15) is 5.69 Å². The number of anilines is 1. The lowest BCUT2D eigenvalue weighted by Crippen LogP contribution is -2.24. The van der Waals surface area contributed by atoms with Crippen LogP contribution < -0.4 is 4.90 Å². The summed E-state index contributed by atoms with van der Waals surface area (Å²) in [5.74, 6) is 0.758. The quantitative estimate of drug-likeness (QED) is 0.774. The molecule has 0 atom stereocenters. The van der Waals surface area contributed by atoms with E-state index in [1.807, 2.05) is 11.0 Å². The summed E-state index contributed by atoms with van der Waals surface area (Å²) in [4.78, 5) is 6.26. The number of hydrogen-bond donors (Lipinski definition) is 1.